The topological polar surface area (TPSA) is 87.8 Å². The molecule has 21 heavy (non-hydrogen) atoms. The highest BCUT2D eigenvalue weighted by Crippen LogP contribution is 2.25. The van der Waals surface area contributed by atoms with Crippen molar-refractivity contribution in [2.24, 2.45) is 11.7 Å². The van der Waals surface area contributed by atoms with Gasteiger partial charge in [0, 0.05) is 19.8 Å². The number of hydrogen-bond donors (Lipinski definition) is 1. The fraction of sp³-hybridized carbons (Fsp3) is 0.733. The molecule has 0 amide bonds. The summed E-state index contributed by atoms with van der Waals surface area (Å²) in [4.78, 5) is 22.0. The van der Waals surface area contributed by atoms with E-state index in [1.807, 2.05) is 32.9 Å². The molecule has 1 rings (SSSR count). The maximum Gasteiger partial charge on any atom is 0.302 e. The Morgan fingerprint density at radius 1 is 1.29 bits per heavy atom. The summed E-state index contributed by atoms with van der Waals surface area (Å²) < 4.78 is 15.8. The maximum absolute atomic E-state index is 11.2. The molecule has 0 saturated carbocycles. The summed E-state index contributed by atoms with van der Waals surface area (Å²) >= 11 is 0. The molecule has 0 bridgehead atoms. The molecule has 0 aromatic carbocycles. The van der Waals surface area contributed by atoms with Gasteiger partial charge in [-0.25, -0.2) is 0 Å². The van der Waals surface area contributed by atoms with Gasteiger partial charge in [0.25, 0.3) is 0 Å². The van der Waals surface area contributed by atoms with Gasteiger partial charge in [-0.15, -0.1) is 0 Å². The van der Waals surface area contributed by atoms with Gasteiger partial charge in [-0.3, -0.25) is 9.59 Å². The van der Waals surface area contributed by atoms with E-state index in [1.54, 1.807) is 0 Å². The van der Waals surface area contributed by atoms with Crippen molar-refractivity contribution in [3.8, 4) is 0 Å². The zero-order valence-electron chi connectivity index (χ0n) is 13.5. The van der Waals surface area contributed by atoms with Crippen molar-refractivity contribution in [2.75, 3.05) is 13.2 Å². The van der Waals surface area contributed by atoms with Gasteiger partial charge in [-0.1, -0.05) is 26.0 Å². The number of allylic oxidation sites excluding steroid dienone is 1. The number of carbonyl (C=O) groups excluding carboxylic acids is 2. The van der Waals surface area contributed by atoms with E-state index in [2.05, 4.69) is 0 Å². The lowest BCUT2D eigenvalue weighted by atomic mass is 9.88. The Kier molecular flexibility index (Phi) is 9.65. The normalized spacial score (nSPS) is 28.5. The second-order valence-electron chi connectivity index (χ2n) is 4.52. The summed E-state index contributed by atoms with van der Waals surface area (Å²) in [5.41, 5.74) is 5.92. The van der Waals surface area contributed by atoms with Crippen LogP contribution in [0.1, 0.15) is 34.6 Å². The van der Waals surface area contributed by atoms with Gasteiger partial charge in [0.05, 0.1) is 12.6 Å². The molecule has 0 aromatic rings. The Hall–Kier alpha value is -1.40. The fourth-order valence-electron chi connectivity index (χ4n) is 2.11. The molecule has 122 valence electrons. The second kappa shape index (κ2) is 10.3. The van der Waals surface area contributed by atoms with Crippen LogP contribution in [0.2, 0.25) is 0 Å². The average Bonchev–Trinajstić information content (AvgIpc) is 2.43. The third kappa shape index (κ3) is 6.73. The fourth-order valence-corrected chi connectivity index (χ4v) is 2.11. The second-order valence-corrected chi connectivity index (χ2v) is 4.52. The van der Waals surface area contributed by atoms with Crippen LogP contribution in [0.3, 0.4) is 0 Å². The van der Waals surface area contributed by atoms with E-state index in [0.29, 0.717) is 0 Å². The third-order valence-electron chi connectivity index (χ3n) is 2.90. The number of ether oxygens (including phenoxy) is 3. The Bertz CT molecular complexity index is 356. The molecule has 1 heterocycles. The highest BCUT2D eigenvalue weighted by Gasteiger charge is 2.40. The number of rotatable bonds is 4. The highest BCUT2D eigenvalue weighted by molar-refractivity contribution is 5.66. The maximum atomic E-state index is 11.2. The molecule has 1 saturated heterocycles. The van der Waals surface area contributed by atoms with Gasteiger partial charge in [-0.2, -0.15) is 0 Å². The molecule has 2 N–H and O–H groups in total. The summed E-state index contributed by atoms with van der Waals surface area (Å²) in [6.45, 7) is 8.92. The van der Waals surface area contributed by atoms with Crippen molar-refractivity contribution in [3.63, 3.8) is 0 Å². The first-order valence-electron chi connectivity index (χ1n) is 7.26. The van der Waals surface area contributed by atoms with Crippen molar-refractivity contribution in [1.82, 2.24) is 0 Å². The van der Waals surface area contributed by atoms with E-state index < -0.39 is 12.1 Å². The average molecular weight is 301 g/mol. The Balaban J connectivity index is 0.00000191. The third-order valence-corrected chi connectivity index (χ3v) is 2.90. The van der Waals surface area contributed by atoms with Crippen molar-refractivity contribution >= 4 is 11.9 Å². The van der Waals surface area contributed by atoms with Crippen LogP contribution in [0.15, 0.2) is 12.2 Å². The first-order chi connectivity index (χ1) is 9.95. The summed E-state index contributed by atoms with van der Waals surface area (Å²) in [5.74, 6) is -0.984. The molecule has 4 unspecified atom stereocenters. The lowest BCUT2D eigenvalue weighted by molar-refractivity contribution is -0.170. The van der Waals surface area contributed by atoms with Gasteiger partial charge in [-0.05, 0) is 6.92 Å². The summed E-state index contributed by atoms with van der Waals surface area (Å²) in [5, 5.41) is 0. The number of esters is 2. The molecule has 0 aromatic heterocycles. The summed E-state index contributed by atoms with van der Waals surface area (Å²) in [7, 11) is 0. The minimum absolute atomic E-state index is 0.120. The predicted octanol–water partition coefficient (Wildman–Crippen LogP) is 1.43. The van der Waals surface area contributed by atoms with Gasteiger partial charge >= 0.3 is 11.9 Å². The van der Waals surface area contributed by atoms with Crippen LogP contribution < -0.4 is 5.73 Å². The lowest BCUT2D eigenvalue weighted by Gasteiger charge is -2.39. The minimum Gasteiger partial charge on any atom is -0.463 e. The van der Waals surface area contributed by atoms with E-state index in [4.69, 9.17) is 19.9 Å². The highest BCUT2D eigenvalue weighted by atomic mass is 16.6. The monoisotopic (exact) mass is 301 g/mol. The van der Waals surface area contributed by atoms with Gasteiger partial charge < -0.3 is 19.9 Å². The predicted molar refractivity (Wildman–Crippen MR) is 79.6 cm³/mol. The summed E-state index contributed by atoms with van der Waals surface area (Å²) in [6, 6.07) is -0.390. The van der Waals surface area contributed by atoms with Crippen molar-refractivity contribution < 1.29 is 23.8 Å². The zero-order chi connectivity index (χ0) is 16.4. The first-order valence-corrected chi connectivity index (χ1v) is 7.26. The van der Waals surface area contributed by atoms with E-state index in [0.717, 1.165) is 0 Å². The Morgan fingerprint density at radius 2 is 1.90 bits per heavy atom. The molecule has 1 aliphatic heterocycles. The SMILES string of the molecule is C/C=C/C1C(COC(C)=O)OCC(N)C1OC(C)=O.CC. The molecule has 0 radical (unpaired) electrons. The van der Waals surface area contributed by atoms with Crippen LogP contribution in [-0.4, -0.2) is 43.4 Å². The van der Waals surface area contributed by atoms with Crippen LogP contribution in [0.4, 0.5) is 0 Å². The van der Waals surface area contributed by atoms with Crippen LogP contribution in [0.25, 0.3) is 0 Å². The van der Waals surface area contributed by atoms with Gasteiger partial charge in [0.15, 0.2) is 0 Å². The van der Waals surface area contributed by atoms with Crippen LogP contribution >= 0.6 is 0 Å². The molecule has 0 spiro atoms. The Labute approximate surface area is 126 Å². The molecule has 6 heteroatoms. The summed E-state index contributed by atoms with van der Waals surface area (Å²) in [6.07, 6.45) is 2.87. The van der Waals surface area contributed by atoms with Crippen molar-refractivity contribution in [1.29, 1.82) is 0 Å². The molecule has 1 aliphatic rings. The first kappa shape index (κ1) is 19.6. The van der Waals surface area contributed by atoms with Crippen molar-refractivity contribution in [2.45, 2.75) is 52.9 Å². The zero-order valence-corrected chi connectivity index (χ0v) is 13.5. The van der Waals surface area contributed by atoms with E-state index in [-0.39, 0.29) is 37.2 Å². The lowest BCUT2D eigenvalue weighted by Crippen LogP contribution is -2.55. The smallest absolute Gasteiger partial charge is 0.302 e. The standard InChI is InChI=1S/C13H21NO5.C2H6/c1-4-5-10-12(7-17-8(2)15)18-6-11(14)13(10)19-9(3)16;1-2/h4-5,10-13H,6-7,14H2,1-3H3;1-2H3/b5-4+;. The van der Waals surface area contributed by atoms with E-state index in [9.17, 15) is 9.59 Å². The molecular weight excluding hydrogens is 274 g/mol. The largest absolute Gasteiger partial charge is 0.463 e. The number of hydrogen-bond acceptors (Lipinski definition) is 6. The van der Waals surface area contributed by atoms with Gasteiger partial charge in [0.1, 0.15) is 18.8 Å². The quantitative estimate of drug-likeness (QED) is 0.624. The molecule has 4 atom stereocenters. The number of carbonyl (C=O) groups is 2. The minimum atomic E-state index is -0.469. The van der Waals surface area contributed by atoms with E-state index in [1.165, 1.54) is 13.8 Å². The van der Waals surface area contributed by atoms with E-state index >= 15 is 0 Å². The molecule has 1 fully saturated rings. The Morgan fingerprint density at radius 3 is 2.38 bits per heavy atom. The van der Waals surface area contributed by atoms with Crippen LogP contribution in [-0.2, 0) is 23.8 Å². The van der Waals surface area contributed by atoms with Crippen LogP contribution in [0.5, 0.6) is 0 Å². The van der Waals surface area contributed by atoms with Gasteiger partial charge in [0.2, 0.25) is 0 Å². The van der Waals surface area contributed by atoms with Crippen LogP contribution in [0, 0.1) is 5.92 Å². The molecule has 6 nitrogen and oxygen atoms in total. The molecule has 0 aliphatic carbocycles. The number of nitrogens with two attached hydrogens (primary N) is 1. The van der Waals surface area contributed by atoms with Crippen molar-refractivity contribution in [3.05, 3.63) is 12.2 Å². The molecular formula is C15H27NO5.